The van der Waals surface area contributed by atoms with Crippen molar-refractivity contribution in [1.82, 2.24) is 0 Å². The number of rotatable bonds is 3. The molecule has 3 nitrogen and oxygen atoms in total. The van der Waals surface area contributed by atoms with E-state index in [1.807, 2.05) is 0 Å². The number of aliphatic hydroxyl groups excluding tert-OH is 1. The van der Waals surface area contributed by atoms with Crippen LogP contribution in [0.5, 0.6) is 0 Å². The van der Waals surface area contributed by atoms with E-state index in [0.29, 0.717) is 5.56 Å². The van der Waals surface area contributed by atoms with Crippen molar-refractivity contribution in [3.05, 3.63) is 82.0 Å². The SMILES string of the molecule is O=C(c1ccccc1)C(O)c1cccccc1=O. The first-order valence-electron chi connectivity index (χ1n) is 5.57. The van der Waals surface area contributed by atoms with Crippen LogP contribution in [0.3, 0.4) is 0 Å². The molecule has 90 valence electrons. The molecule has 1 N–H and O–H groups in total. The molecular formula is C15H12O3. The van der Waals surface area contributed by atoms with Crippen LogP contribution in [0.2, 0.25) is 0 Å². The highest BCUT2D eigenvalue weighted by Crippen LogP contribution is 2.14. The van der Waals surface area contributed by atoms with E-state index in [2.05, 4.69) is 0 Å². The van der Waals surface area contributed by atoms with Crippen molar-refractivity contribution >= 4 is 5.78 Å². The third kappa shape index (κ3) is 2.52. The highest BCUT2D eigenvalue weighted by molar-refractivity contribution is 5.99. The number of aliphatic hydroxyl groups is 1. The Kier molecular flexibility index (Phi) is 3.65. The Morgan fingerprint density at radius 2 is 1.44 bits per heavy atom. The average molecular weight is 240 g/mol. The number of Topliss-reactive ketones (excluding diaryl/α,β-unsaturated/α-hetero) is 1. The molecule has 2 aromatic carbocycles. The van der Waals surface area contributed by atoms with Gasteiger partial charge in [-0.1, -0.05) is 54.6 Å². The van der Waals surface area contributed by atoms with Gasteiger partial charge in [-0.2, -0.15) is 0 Å². The predicted molar refractivity (Wildman–Crippen MR) is 68.4 cm³/mol. The molecule has 0 heterocycles. The molecule has 0 amide bonds. The van der Waals surface area contributed by atoms with Gasteiger partial charge in [-0.25, -0.2) is 0 Å². The maximum absolute atomic E-state index is 12.0. The topological polar surface area (TPSA) is 54.4 Å². The van der Waals surface area contributed by atoms with E-state index >= 15 is 0 Å². The van der Waals surface area contributed by atoms with Gasteiger partial charge in [-0.15, -0.1) is 0 Å². The van der Waals surface area contributed by atoms with Gasteiger partial charge in [0.15, 0.2) is 11.2 Å². The summed E-state index contributed by atoms with van der Waals surface area (Å²) in [4.78, 5) is 23.7. The molecule has 0 aliphatic heterocycles. The highest BCUT2D eigenvalue weighted by atomic mass is 16.3. The monoisotopic (exact) mass is 240 g/mol. The van der Waals surface area contributed by atoms with Crippen LogP contribution in [0, 0.1) is 0 Å². The van der Waals surface area contributed by atoms with Crippen molar-refractivity contribution in [3.8, 4) is 0 Å². The Balaban J connectivity index is 2.39. The van der Waals surface area contributed by atoms with Crippen molar-refractivity contribution in [2.24, 2.45) is 0 Å². The van der Waals surface area contributed by atoms with E-state index in [1.165, 1.54) is 12.1 Å². The van der Waals surface area contributed by atoms with Crippen molar-refractivity contribution in [2.75, 3.05) is 0 Å². The van der Waals surface area contributed by atoms with Gasteiger partial charge in [0.05, 0.1) is 0 Å². The molecule has 1 atom stereocenters. The minimum atomic E-state index is -1.42. The number of carbonyl (C=O) groups is 1. The predicted octanol–water partition coefficient (Wildman–Crippen LogP) is 1.96. The summed E-state index contributed by atoms with van der Waals surface area (Å²) in [5, 5.41) is 9.98. The number of ketones is 1. The molecular weight excluding hydrogens is 228 g/mol. The minimum Gasteiger partial charge on any atom is -0.380 e. The Bertz CT molecular complexity index is 605. The number of hydrogen-bond donors (Lipinski definition) is 1. The summed E-state index contributed by atoms with van der Waals surface area (Å²) in [5.74, 6) is -0.473. The number of carbonyl (C=O) groups excluding carboxylic acids is 1. The lowest BCUT2D eigenvalue weighted by molar-refractivity contribution is 0.0746. The molecule has 2 rings (SSSR count). The first-order chi connectivity index (χ1) is 8.70. The molecule has 0 saturated carbocycles. The van der Waals surface area contributed by atoms with Crippen molar-refractivity contribution in [3.63, 3.8) is 0 Å². The molecule has 3 heteroatoms. The summed E-state index contributed by atoms with van der Waals surface area (Å²) in [6, 6.07) is 16.1. The maximum Gasteiger partial charge on any atom is 0.195 e. The van der Waals surface area contributed by atoms with E-state index in [1.54, 1.807) is 48.5 Å². The fourth-order valence-corrected chi connectivity index (χ4v) is 1.67. The molecule has 0 spiro atoms. The summed E-state index contributed by atoms with van der Waals surface area (Å²) < 4.78 is 0. The van der Waals surface area contributed by atoms with Gasteiger partial charge in [0.25, 0.3) is 0 Å². The molecule has 0 aliphatic rings. The summed E-state index contributed by atoms with van der Waals surface area (Å²) >= 11 is 0. The number of benzene rings is 1. The third-order valence-electron chi connectivity index (χ3n) is 2.63. The van der Waals surface area contributed by atoms with Gasteiger partial charge >= 0.3 is 0 Å². The van der Waals surface area contributed by atoms with Crippen LogP contribution < -0.4 is 5.43 Å². The standard InChI is InChI=1S/C15H12O3/c16-13-10-6-2-5-9-12(13)15(18)14(17)11-7-3-1-4-8-11/h1-10,15,18H. The van der Waals surface area contributed by atoms with Crippen LogP contribution in [0.15, 0.2) is 65.5 Å². The molecule has 0 fully saturated rings. The molecule has 0 aromatic heterocycles. The van der Waals surface area contributed by atoms with Crippen LogP contribution in [0.4, 0.5) is 0 Å². The quantitative estimate of drug-likeness (QED) is 0.834. The van der Waals surface area contributed by atoms with Crippen LogP contribution in [0.25, 0.3) is 0 Å². The molecule has 2 aromatic rings. The smallest absolute Gasteiger partial charge is 0.195 e. The summed E-state index contributed by atoms with van der Waals surface area (Å²) in [6.45, 7) is 0. The molecule has 0 aliphatic carbocycles. The van der Waals surface area contributed by atoms with Gasteiger partial charge in [0.1, 0.15) is 6.10 Å². The van der Waals surface area contributed by atoms with Gasteiger partial charge in [0, 0.05) is 11.1 Å². The summed E-state index contributed by atoms with van der Waals surface area (Å²) in [7, 11) is 0. The van der Waals surface area contributed by atoms with Gasteiger partial charge in [-0.3, -0.25) is 9.59 Å². The van der Waals surface area contributed by atoms with Crippen molar-refractivity contribution in [2.45, 2.75) is 6.10 Å². The lowest BCUT2D eigenvalue weighted by atomic mass is 10.0. The number of hydrogen-bond acceptors (Lipinski definition) is 3. The van der Waals surface area contributed by atoms with E-state index < -0.39 is 11.9 Å². The van der Waals surface area contributed by atoms with Gasteiger partial charge in [-0.05, 0) is 6.07 Å². The lowest BCUT2D eigenvalue weighted by Gasteiger charge is -2.07. The molecule has 18 heavy (non-hydrogen) atoms. The highest BCUT2D eigenvalue weighted by Gasteiger charge is 2.20. The first kappa shape index (κ1) is 12.2. The Morgan fingerprint density at radius 3 is 2.11 bits per heavy atom. The zero-order valence-electron chi connectivity index (χ0n) is 9.61. The first-order valence-corrected chi connectivity index (χ1v) is 5.57. The van der Waals surface area contributed by atoms with E-state index in [4.69, 9.17) is 0 Å². The van der Waals surface area contributed by atoms with Crippen LogP contribution in [-0.4, -0.2) is 10.9 Å². The van der Waals surface area contributed by atoms with E-state index in [-0.39, 0.29) is 11.0 Å². The second-order valence-corrected chi connectivity index (χ2v) is 3.86. The largest absolute Gasteiger partial charge is 0.380 e. The van der Waals surface area contributed by atoms with Crippen LogP contribution in [0.1, 0.15) is 22.0 Å². The molecule has 0 bridgehead atoms. The Morgan fingerprint density at radius 1 is 0.889 bits per heavy atom. The fraction of sp³-hybridized carbons (Fsp3) is 0.0667. The average Bonchev–Trinajstić information content (AvgIpc) is 2.63. The molecule has 0 saturated heterocycles. The second kappa shape index (κ2) is 5.38. The second-order valence-electron chi connectivity index (χ2n) is 3.86. The Hall–Kier alpha value is -2.26. The maximum atomic E-state index is 12.0. The zero-order valence-corrected chi connectivity index (χ0v) is 9.61. The Labute approximate surface area is 104 Å². The van der Waals surface area contributed by atoms with E-state index in [9.17, 15) is 14.7 Å². The third-order valence-corrected chi connectivity index (χ3v) is 2.63. The lowest BCUT2D eigenvalue weighted by Crippen LogP contribution is -2.18. The van der Waals surface area contributed by atoms with Crippen LogP contribution >= 0.6 is 0 Å². The summed E-state index contributed by atoms with van der Waals surface area (Å²) in [6.07, 6.45) is -1.42. The zero-order chi connectivity index (χ0) is 13.0. The van der Waals surface area contributed by atoms with Gasteiger partial charge in [0.2, 0.25) is 0 Å². The minimum absolute atomic E-state index is 0.0915. The van der Waals surface area contributed by atoms with Crippen LogP contribution in [-0.2, 0) is 0 Å². The molecule has 1 unspecified atom stereocenters. The normalized spacial score (nSPS) is 11.8. The molecule has 0 radical (unpaired) electrons. The summed E-state index contributed by atoms with van der Waals surface area (Å²) in [5.41, 5.74) is 0.126. The van der Waals surface area contributed by atoms with E-state index in [0.717, 1.165) is 0 Å². The van der Waals surface area contributed by atoms with Crippen molar-refractivity contribution < 1.29 is 9.90 Å². The fourth-order valence-electron chi connectivity index (χ4n) is 1.67. The van der Waals surface area contributed by atoms with Gasteiger partial charge < -0.3 is 5.11 Å². The van der Waals surface area contributed by atoms with Crippen molar-refractivity contribution in [1.29, 1.82) is 0 Å².